The third-order valence-electron chi connectivity index (χ3n) is 2.52. The Kier molecular flexibility index (Phi) is 4.57. The van der Waals surface area contributed by atoms with Gasteiger partial charge in [-0.15, -0.1) is 0 Å². The summed E-state index contributed by atoms with van der Waals surface area (Å²) in [6.07, 6.45) is -2.97. The standard InChI is InChI=1S/C13H10ClF3N2S/c14-10-2-1-5-19-12(10)20-11-4-3-8(7-18)6-9(11)13(15,16)17/h1-6H,7,18H2. The molecule has 2 N–H and O–H groups in total. The number of rotatable bonds is 3. The van der Waals surface area contributed by atoms with E-state index in [2.05, 4.69) is 4.98 Å². The summed E-state index contributed by atoms with van der Waals surface area (Å²) in [5, 5.41) is 0.647. The lowest BCUT2D eigenvalue weighted by molar-refractivity contribution is -0.139. The number of nitrogens with zero attached hydrogens (tertiary/aromatic N) is 1. The molecule has 1 heterocycles. The summed E-state index contributed by atoms with van der Waals surface area (Å²) in [6, 6.07) is 7.21. The van der Waals surface area contributed by atoms with Crippen LogP contribution in [0.1, 0.15) is 11.1 Å². The first-order chi connectivity index (χ1) is 9.41. The zero-order valence-corrected chi connectivity index (χ0v) is 11.7. The van der Waals surface area contributed by atoms with Crippen LogP contribution in [0.5, 0.6) is 0 Å². The van der Waals surface area contributed by atoms with Gasteiger partial charge in [0.05, 0.1) is 10.6 Å². The SMILES string of the molecule is NCc1ccc(Sc2ncccc2Cl)c(C(F)(F)F)c1. The zero-order valence-electron chi connectivity index (χ0n) is 10.1. The maximum Gasteiger partial charge on any atom is 0.417 e. The van der Waals surface area contributed by atoms with Crippen molar-refractivity contribution in [3.05, 3.63) is 52.7 Å². The van der Waals surface area contributed by atoms with Gasteiger partial charge in [0.2, 0.25) is 0 Å². The minimum atomic E-state index is -4.45. The molecule has 2 nitrogen and oxygen atoms in total. The fourth-order valence-electron chi connectivity index (χ4n) is 1.57. The lowest BCUT2D eigenvalue weighted by Crippen LogP contribution is -2.09. The van der Waals surface area contributed by atoms with Crippen LogP contribution < -0.4 is 5.73 Å². The van der Waals surface area contributed by atoms with Gasteiger partial charge < -0.3 is 5.73 Å². The fourth-order valence-corrected chi connectivity index (χ4v) is 2.71. The van der Waals surface area contributed by atoms with Crippen molar-refractivity contribution in [2.45, 2.75) is 22.6 Å². The van der Waals surface area contributed by atoms with Crippen molar-refractivity contribution in [3.8, 4) is 0 Å². The monoisotopic (exact) mass is 318 g/mol. The highest BCUT2D eigenvalue weighted by Crippen LogP contribution is 2.40. The number of halogens is 4. The molecule has 0 bridgehead atoms. The summed E-state index contributed by atoms with van der Waals surface area (Å²) in [7, 11) is 0. The van der Waals surface area contributed by atoms with Crippen molar-refractivity contribution in [3.63, 3.8) is 0 Å². The van der Waals surface area contributed by atoms with Gasteiger partial charge in [0.25, 0.3) is 0 Å². The van der Waals surface area contributed by atoms with E-state index in [0.717, 1.165) is 17.8 Å². The first-order valence-corrected chi connectivity index (χ1v) is 6.80. The molecule has 0 saturated carbocycles. The Hall–Kier alpha value is -1.24. The molecule has 0 fully saturated rings. The fraction of sp³-hybridized carbons (Fsp3) is 0.154. The first-order valence-electron chi connectivity index (χ1n) is 5.60. The smallest absolute Gasteiger partial charge is 0.326 e. The molecule has 0 aliphatic heterocycles. The van der Waals surface area contributed by atoms with Gasteiger partial charge in [-0.3, -0.25) is 0 Å². The molecule has 0 radical (unpaired) electrons. The van der Waals surface area contributed by atoms with Gasteiger partial charge in [0, 0.05) is 17.6 Å². The van der Waals surface area contributed by atoms with Crippen molar-refractivity contribution in [2.75, 3.05) is 0 Å². The van der Waals surface area contributed by atoms with E-state index in [4.69, 9.17) is 17.3 Å². The van der Waals surface area contributed by atoms with E-state index < -0.39 is 11.7 Å². The summed E-state index contributed by atoms with van der Waals surface area (Å²) < 4.78 is 39.2. The molecule has 0 amide bonds. The topological polar surface area (TPSA) is 38.9 Å². The number of benzene rings is 1. The second kappa shape index (κ2) is 6.03. The minimum Gasteiger partial charge on any atom is -0.326 e. The molecule has 0 aliphatic rings. The summed E-state index contributed by atoms with van der Waals surface area (Å²) in [6.45, 7) is 0.0539. The van der Waals surface area contributed by atoms with Gasteiger partial charge >= 0.3 is 6.18 Å². The summed E-state index contributed by atoms with van der Waals surface area (Å²) >= 11 is 6.80. The normalized spacial score (nSPS) is 11.7. The first kappa shape index (κ1) is 15.2. The van der Waals surface area contributed by atoms with Crippen LogP contribution in [0.3, 0.4) is 0 Å². The summed E-state index contributed by atoms with van der Waals surface area (Å²) in [5.74, 6) is 0. The third kappa shape index (κ3) is 3.45. The lowest BCUT2D eigenvalue weighted by Gasteiger charge is -2.13. The molecule has 7 heteroatoms. The van der Waals surface area contributed by atoms with E-state index in [9.17, 15) is 13.2 Å². The molecule has 1 aromatic carbocycles. The quantitative estimate of drug-likeness (QED) is 0.913. The molecule has 0 spiro atoms. The van der Waals surface area contributed by atoms with Crippen LogP contribution in [-0.2, 0) is 12.7 Å². The number of pyridine rings is 1. The highest BCUT2D eigenvalue weighted by Gasteiger charge is 2.34. The molecule has 2 aromatic rings. The average molecular weight is 319 g/mol. The molecule has 0 saturated heterocycles. The van der Waals surface area contributed by atoms with E-state index in [1.54, 1.807) is 18.2 Å². The van der Waals surface area contributed by atoms with E-state index in [1.807, 2.05) is 0 Å². The number of aromatic nitrogens is 1. The molecule has 20 heavy (non-hydrogen) atoms. The largest absolute Gasteiger partial charge is 0.417 e. The van der Waals surface area contributed by atoms with E-state index in [1.165, 1.54) is 12.3 Å². The Morgan fingerprint density at radius 2 is 2.00 bits per heavy atom. The van der Waals surface area contributed by atoms with E-state index >= 15 is 0 Å². The van der Waals surface area contributed by atoms with Crippen LogP contribution in [0, 0.1) is 0 Å². The predicted octanol–water partition coefficient (Wildman–Crippen LogP) is 4.36. The number of alkyl halides is 3. The van der Waals surface area contributed by atoms with E-state index in [0.29, 0.717) is 15.6 Å². The number of hydrogen-bond donors (Lipinski definition) is 1. The molecule has 1 aromatic heterocycles. The Labute approximate surface area is 123 Å². The van der Waals surface area contributed by atoms with Crippen LogP contribution in [0.25, 0.3) is 0 Å². The van der Waals surface area contributed by atoms with Crippen molar-refractivity contribution >= 4 is 23.4 Å². The second-order valence-electron chi connectivity index (χ2n) is 3.92. The molecular weight excluding hydrogens is 309 g/mol. The number of nitrogens with two attached hydrogens (primary N) is 1. The predicted molar refractivity (Wildman–Crippen MR) is 72.7 cm³/mol. The van der Waals surface area contributed by atoms with Gasteiger partial charge in [-0.2, -0.15) is 13.2 Å². The summed E-state index contributed by atoms with van der Waals surface area (Å²) in [4.78, 5) is 4.03. The molecule has 0 atom stereocenters. The van der Waals surface area contributed by atoms with Crippen LogP contribution in [0.2, 0.25) is 5.02 Å². The molecule has 0 aliphatic carbocycles. The lowest BCUT2D eigenvalue weighted by atomic mass is 10.1. The minimum absolute atomic E-state index is 0.0512. The Morgan fingerprint density at radius 1 is 1.25 bits per heavy atom. The Bertz CT molecular complexity index is 617. The van der Waals surface area contributed by atoms with Gasteiger partial charge in [-0.1, -0.05) is 29.4 Å². The van der Waals surface area contributed by atoms with Gasteiger partial charge in [0.1, 0.15) is 5.03 Å². The van der Waals surface area contributed by atoms with Crippen molar-refractivity contribution in [2.24, 2.45) is 5.73 Å². The third-order valence-corrected chi connectivity index (χ3v) is 4.03. The van der Waals surface area contributed by atoms with Crippen LogP contribution in [0.4, 0.5) is 13.2 Å². The van der Waals surface area contributed by atoms with E-state index in [-0.39, 0.29) is 11.4 Å². The highest BCUT2D eigenvalue weighted by atomic mass is 35.5. The maximum atomic E-state index is 13.1. The second-order valence-corrected chi connectivity index (χ2v) is 5.36. The van der Waals surface area contributed by atoms with Crippen molar-refractivity contribution in [1.82, 2.24) is 4.98 Å². The van der Waals surface area contributed by atoms with Gasteiger partial charge in [-0.05, 0) is 29.8 Å². The Balaban J connectivity index is 2.44. The summed E-state index contributed by atoms with van der Waals surface area (Å²) in [5.41, 5.74) is 5.08. The van der Waals surface area contributed by atoms with Gasteiger partial charge in [-0.25, -0.2) is 4.98 Å². The van der Waals surface area contributed by atoms with Crippen LogP contribution >= 0.6 is 23.4 Å². The molecular formula is C13H10ClF3N2S. The zero-order chi connectivity index (χ0) is 14.8. The van der Waals surface area contributed by atoms with Crippen molar-refractivity contribution < 1.29 is 13.2 Å². The van der Waals surface area contributed by atoms with Crippen LogP contribution in [0.15, 0.2) is 46.5 Å². The molecule has 0 unspecified atom stereocenters. The highest BCUT2D eigenvalue weighted by molar-refractivity contribution is 7.99. The number of hydrogen-bond acceptors (Lipinski definition) is 3. The van der Waals surface area contributed by atoms with Crippen molar-refractivity contribution in [1.29, 1.82) is 0 Å². The van der Waals surface area contributed by atoms with Gasteiger partial charge in [0.15, 0.2) is 0 Å². The average Bonchev–Trinajstić information content (AvgIpc) is 2.40. The Morgan fingerprint density at radius 3 is 2.60 bits per heavy atom. The molecule has 2 rings (SSSR count). The van der Waals surface area contributed by atoms with Crippen LogP contribution in [-0.4, -0.2) is 4.98 Å². The maximum absolute atomic E-state index is 13.1. The molecule has 106 valence electrons.